The van der Waals surface area contributed by atoms with E-state index in [1.165, 1.54) is 4.31 Å². The Morgan fingerprint density at radius 3 is 2.32 bits per heavy atom. The molecule has 1 aromatic heterocycles. The lowest BCUT2D eigenvalue weighted by atomic mass is 10.1. The van der Waals surface area contributed by atoms with Crippen LogP contribution in [0.25, 0.3) is 0 Å². The smallest absolute Gasteiger partial charge is 0.243 e. The number of amides is 1. The Morgan fingerprint density at radius 1 is 1.07 bits per heavy atom. The molecule has 1 amide bonds. The van der Waals surface area contributed by atoms with Gasteiger partial charge in [0.1, 0.15) is 5.76 Å². The molecule has 0 saturated carbocycles. The molecule has 1 aromatic carbocycles. The lowest BCUT2D eigenvalue weighted by molar-refractivity contribution is -0.132. The van der Waals surface area contributed by atoms with Crippen LogP contribution >= 0.6 is 0 Å². The van der Waals surface area contributed by atoms with Gasteiger partial charge >= 0.3 is 0 Å². The maximum absolute atomic E-state index is 12.9. The summed E-state index contributed by atoms with van der Waals surface area (Å²) in [5, 5.41) is 3.91. The molecule has 0 aliphatic carbocycles. The van der Waals surface area contributed by atoms with E-state index in [0.717, 1.165) is 28.1 Å². The Kier molecular flexibility index (Phi) is 5.90. The molecule has 1 aliphatic rings. The summed E-state index contributed by atoms with van der Waals surface area (Å²) in [6.07, 6.45) is 0.952. The van der Waals surface area contributed by atoms with E-state index in [1.54, 1.807) is 17.0 Å². The third-order valence-electron chi connectivity index (χ3n) is 5.48. The van der Waals surface area contributed by atoms with Gasteiger partial charge in [-0.15, -0.1) is 0 Å². The highest BCUT2D eigenvalue weighted by Gasteiger charge is 2.30. The summed E-state index contributed by atoms with van der Waals surface area (Å²) in [7, 11) is -3.53. The molecular weight excluding hydrogens is 378 g/mol. The first-order valence-electron chi connectivity index (χ1n) is 9.47. The lowest BCUT2D eigenvalue weighted by Crippen LogP contribution is -2.50. The van der Waals surface area contributed by atoms with E-state index >= 15 is 0 Å². The number of carbonyl (C=O) groups excluding carboxylic acids is 1. The van der Waals surface area contributed by atoms with E-state index < -0.39 is 10.0 Å². The molecule has 8 heteroatoms. The molecule has 2 aromatic rings. The fourth-order valence-corrected chi connectivity index (χ4v) is 4.96. The minimum absolute atomic E-state index is 0.0308. The van der Waals surface area contributed by atoms with Gasteiger partial charge in [0.05, 0.1) is 10.6 Å². The number of aryl methyl sites for hydroxylation is 4. The number of aromatic nitrogens is 1. The standard InChI is InChI=1S/C20H27N3O4S/c1-14-5-6-18(13-15(14)2)28(25,26)23-11-9-22(10-12-23)20(24)8-7-19-16(3)21-27-17(19)4/h5-6,13H,7-12H2,1-4H3. The molecule has 0 atom stereocenters. The molecule has 2 heterocycles. The maximum atomic E-state index is 12.9. The van der Waals surface area contributed by atoms with Crippen molar-refractivity contribution >= 4 is 15.9 Å². The van der Waals surface area contributed by atoms with Crippen molar-refractivity contribution in [1.82, 2.24) is 14.4 Å². The summed E-state index contributed by atoms with van der Waals surface area (Å²) in [5.41, 5.74) is 3.81. The second-order valence-corrected chi connectivity index (χ2v) is 9.27. The average Bonchev–Trinajstić information content (AvgIpc) is 2.99. The molecule has 0 unspecified atom stereocenters. The summed E-state index contributed by atoms with van der Waals surface area (Å²) in [6.45, 7) is 9.01. The fourth-order valence-electron chi connectivity index (χ4n) is 3.45. The Balaban J connectivity index is 1.59. The number of benzene rings is 1. The largest absolute Gasteiger partial charge is 0.361 e. The molecule has 7 nitrogen and oxygen atoms in total. The van der Waals surface area contributed by atoms with E-state index in [1.807, 2.05) is 33.8 Å². The summed E-state index contributed by atoms with van der Waals surface area (Å²) in [5.74, 6) is 0.776. The van der Waals surface area contributed by atoms with Crippen LogP contribution < -0.4 is 0 Å². The van der Waals surface area contributed by atoms with Crippen molar-refractivity contribution in [3.8, 4) is 0 Å². The predicted octanol–water partition coefficient (Wildman–Crippen LogP) is 2.37. The van der Waals surface area contributed by atoms with Gasteiger partial charge in [0.25, 0.3) is 0 Å². The van der Waals surface area contributed by atoms with E-state index in [9.17, 15) is 13.2 Å². The van der Waals surface area contributed by atoms with Crippen molar-refractivity contribution in [3.05, 3.63) is 46.3 Å². The molecule has 0 N–H and O–H groups in total. The molecule has 0 bridgehead atoms. The van der Waals surface area contributed by atoms with Gasteiger partial charge in [-0.25, -0.2) is 8.42 Å². The van der Waals surface area contributed by atoms with Crippen molar-refractivity contribution in [2.24, 2.45) is 0 Å². The van der Waals surface area contributed by atoms with Gasteiger partial charge in [0, 0.05) is 38.2 Å². The highest BCUT2D eigenvalue weighted by molar-refractivity contribution is 7.89. The SMILES string of the molecule is Cc1ccc(S(=O)(=O)N2CCN(C(=O)CCc3c(C)noc3C)CC2)cc1C. The van der Waals surface area contributed by atoms with E-state index in [2.05, 4.69) is 5.16 Å². The zero-order chi connectivity index (χ0) is 20.5. The van der Waals surface area contributed by atoms with Crippen molar-refractivity contribution in [2.45, 2.75) is 45.4 Å². The quantitative estimate of drug-likeness (QED) is 0.763. The van der Waals surface area contributed by atoms with Crippen LogP contribution in [-0.2, 0) is 21.2 Å². The van der Waals surface area contributed by atoms with E-state index in [-0.39, 0.29) is 5.91 Å². The number of carbonyl (C=O) groups is 1. The van der Waals surface area contributed by atoms with Crippen molar-refractivity contribution < 1.29 is 17.7 Å². The van der Waals surface area contributed by atoms with Crippen molar-refractivity contribution in [3.63, 3.8) is 0 Å². The second kappa shape index (κ2) is 8.05. The number of piperazine rings is 1. The Hall–Kier alpha value is -2.19. The van der Waals surface area contributed by atoms with Gasteiger partial charge < -0.3 is 9.42 Å². The van der Waals surface area contributed by atoms with E-state index in [0.29, 0.717) is 43.9 Å². The monoisotopic (exact) mass is 405 g/mol. The van der Waals surface area contributed by atoms with Crippen LogP contribution in [0.4, 0.5) is 0 Å². The van der Waals surface area contributed by atoms with Crippen LogP contribution in [0.1, 0.15) is 34.6 Å². The lowest BCUT2D eigenvalue weighted by Gasteiger charge is -2.34. The molecule has 152 valence electrons. The number of hydrogen-bond acceptors (Lipinski definition) is 5. The summed E-state index contributed by atoms with van der Waals surface area (Å²) < 4.78 is 32.4. The van der Waals surface area contributed by atoms with Gasteiger partial charge in [0.15, 0.2) is 0 Å². The Labute approximate surface area is 166 Å². The first kappa shape index (κ1) is 20.5. The summed E-state index contributed by atoms with van der Waals surface area (Å²) in [6, 6.07) is 5.20. The van der Waals surface area contributed by atoms with Crippen LogP contribution in [-0.4, -0.2) is 54.9 Å². The molecule has 3 rings (SSSR count). The number of hydrogen-bond donors (Lipinski definition) is 0. The molecule has 0 spiro atoms. The minimum Gasteiger partial charge on any atom is -0.361 e. The molecule has 28 heavy (non-hydrogen) atoms. The molecule has 1 fully saturated rings. The predicted molar refractivity (Wildman–Crippen MR) is 106 cm³/mol. The zero-order valence-corrected chi connectivity index (χ0v) is 17.7. The van der Waals surface area contributed by atoms with Crippen LogP contribution in [0.15, 0.2) is 27.6 Å². The molecular formula is C20H27N3O4S. The Bertz CT molecular complexity index is 954. The number of nitrogens with zero attached hydrogens (tertiary/aromatic N) is 3. The normalized spacial score (nSPS) is 15.8. The van der Waals surface area contributed by atoms with Crippen LogP contribution in [0.2, 0.25) is 0 Å². The first-order valence-corrected chi connectivity index (χ1v) is 10.9. The third-order valence-corrected chi connectivity index (χ3v) is 7.37. The first-order chi connectivity index (χ1) is 13.2. The highest BCUT2D eigenvalue weighted by atomic mass is 32.2. The number of rotatable bonds is 5. The topological polar surface area (TPSA) is 83.7 Å². The van der Waals surface area contributed by atoms with Crippen LogP contribution in [0, 0.1) is 27.7 Å². The Morgan fingerprint density at radius 2 is 1.75 bits per heavy atom. The average molecular weight is 406 g/mol. The highest BCUT2D eigenvalue weighted by Crippen LogP contribution is 2.21. The minimum atomic E-state index is -3.53. The van der Waals surface area contributed by atoms with Crippen molar-refractivity contribution in [1.29, 1.82) is 0 Å². The van der Waals surface area contributed by atoms with Crippen LogP contribution in [0.5, 0.6) is 0 Å². The van der Waals surface area contributed by atoms with Gasteiger partial charge in [0.2, 0.25) is 15.9 Å². The fraction of sp³-hybridized carbons (Fsp3) is 0.500. The van der Waals surface area contributed by atoms with Gasteiger partial charge in [-0.2, -0.15) is 4.31 Å². The summed E-state index contributed by atoms with van der Waals surface area (Å²) in [4.78, 5) is 14.6. The third kappa shape index (κ3) is 4.12. The van der Waals surface area contributed by atoms with Crippen LogP contribution in [0.3, 0.4) is 0 Å². The number of sulfonamides is 1. The second-order valence-electron chi connectivity index (χ2n) is 7.33. The van der Waals surface area contributed by atoms with Gasteiger partial charge in [-0.3, -0.25) is 4.79 Å². The zero-order valence-electron chi connectivity index (χ0n) is 16.9. The van der Waals surface area contributed by atoms with Crippen molar-refractivity contribution in [2.75, 3.05) is 26.2 Å². The van der Waals surface area contributed by atoms with Gasteiger partial charge in [-0.1, -0.05) is 11.2 Å². The van der Waals surface area contributed by atoms with E-state index in [4.69, 9.17) is 4.52 Å². The molecule has 1 saturated heterocycles. The molecule has 1 aliphatic heterocycles. The summed E-state index contributed by atoms with van der Waals surface area (Å²) >= 11 is 0. The van der Waals surface area contributed by atoms with Gasteiger partial charge in [-0.05, 0) is 57.4 Å². The maximum Gasteiger partial charge on any atom is 0.243 e. The molecule has 0 radical (unpaired) electrons.